The van der Waals surface area contributed by atoms with Crippen LogP contribution in [0.5, 0.6) is 0 Å². The molecule has 0 spiro atoms. The molecule has 2 fully saturated rings. The lowest BCUT2D eigenvalue weighted by atomic mass is 9.98. The number of amides is 1. The van der Waals surface area contributed by atoms with E-state index in [2.05, 4.69) is 12.2 Å². The Labute approximate surface area is 91.2 Å². The quantitative estimate of drug-likeness (QED) is 0.638. The Balaban J connectivity index is 1.95. The van der Waals surface area contributed by atoms with Gasteiger partial charge < -0.3 is 16.0 Å². The summed E-state index contributed by atoms with van der Waals surface area (Å²) in [5, 5.41) is 3.29. The molecule has 3 atom stereocenters. The number of carbonyl (C=O) groups is 1. The molecule has 2 aliphatic heterocycles. The molecule has 1 amide bonds. The Hall–Kier alpha value is -0.610. The first kappa shape index (κ1) is 10.9. The molecule has 4 nitrogen and oxygen atoms in total. The summed E-state index contributed by atoms with van der Waals surface area (Å²) in [5.74, 6) is 0.495. The molecule has 0 bridgehead atoms. The minimum atomic E-state index is 0.172. The molecule has 0 aromatic rings. The Morgan fingerprint density at radius 1 is 1.47 bits per heavy atom. The lowest BCUT2D eigenvalue weighted by Crippen LogP contribution is -2.46. The van der Waals surface area contributed by atoms with Gasteiger partial charge in [0.05, 0.1) is 5.92 Å². The molecule has 0 aromatic heterocycles. The van der Waals surface area contributed by atoms with E-state index in [9.17, 15) is 4.79 Å². The number of nitrogens with zero attached hydrogens (tertiary/aromatic N) is 1. The van der Waals surface area contributed by atoms with E-state index in [0.717, 1.165) is 38.9 Å². The summed E-state index contributed by atoms with van der Waals surface area (Å²) in [5.41, 5.74) is 5.93. The summed E-state index contributed by atoms with van der Waals surface area (Å²) in [6.45, 7) is 4.81. The topological polar surface area (TPSA) is 58.4 Å². The Morgan fingerprint density at radius 3 is 2.80 bits per heavy atom. The van der Waals surface area contributed by atoms with Crippen molar-refractivity contribution in [3.63, 3.8) is 0 Å². The normalized spacial score (nSPS) is 36.9. The van der Waals surface area contributed by atoms with Gasteiger partial charge in [0.15, 0.2) is 0 Å². The van der Waals surface area contributed by atoms with Crippen molar-refractivity contribution in [3.05, 3.63) is 0 Å². The molecule has 0 radical (unpaired) electrons. The molecular formula is C11H21N3O. The van der Waals surface area contributed by atoms with Gasteiger partial charge in [-0.1, -0.05) is 0 Å². The summed E-state index contributed by atoms with van der Waals surface area (Å²) in [6, 6.07) is 0.393. The van der Waals surface area contributed by atoms with Crippen LogP contribution in [0, 0.1) is 5.92 Å². The maximum atomic E-state index is 12.2. The minimum Gasteiger partial charge on any atom is -0.338 e. The monoisotopic (exact) mass is 211 g/mol. The molecule has 0 aliphatic carbocycles. The SMILES string of the molecule is CC1C(N)CCN1C(=O)C1CCCNC1. The lowest BCUT2D eigenvalue weighted by Gasteiger charge is -2.30. The lowest BCUT2D eigenvalue weighted by molar-refractivity contribution is -0.136. The third kappa shape index (κ3) is 2.16. The van der Waals surface area contributed by atoms with Crippen LogP contribution in [0.25, 0.3) is 0 Å². The van der Waals surface area contributed by atoms with Crippen molar-refractivity contribution in [1.82, 2.24) is 10.2 Å². The van der Waals surface area contributed by atoms with Gasteiger partial charge in [-0.3, -0.25) is 4.79 Å². The van der Waals surface area contributed by atoms with Crippen LogP contribution in [0.3, 0.4) is 0 Å². The Kier molecular flexibility index (Phi) is 3.26. The second-order valence-electron chi connectivity index (χ2n) is 4.77. The molecule has 0 aromatic carbocycles. The highest BCUT2D eigenvalue weighted by Crippen LogP contribution is 2.21. The van der Waals surface area contributed by atoms with Crippen molar-refractivity contribution in [2.45, 2.75) is 38.3 Å². The Morgan fingerprint density at radius 2 is 2.27 bits per heavy atom. The standard InChI is InChI=1S/C11H21N3O/c1-8-10(12)4-6-14(8)11(15)9-3-2-5-13-7-9/h8-10,13H,2-7,12H2,1H3. The first-order chi connectivity index (χ1) is 7.20. The Bertz CT molecular complexity index is 238. The van der Waals surface area contributed by atoms with E-state index in [1.165, 1.54) is 0 Å². The van der Waals surface area contributed by atoms with E-state index in [-0.39, 0.29) is 18.0 Å². The van der Waals surface area contributed by atoms with Crippen molar-refractivity contribution in [3.8, 4) is 0 Å². The predicted octanol–water partition coefficient (Wildman–Crippen LogP) is -0.0659. The van der Waals surface area contributed by atoms with Gasteiger partial charge in [-0.05, 0) is 32.7 Å². The average Bonchev–Trinajstić information content (AvgIpc) is 2.60. The highest BCUT2D eigenvalue weighted by atomic mass is 16.2. The van der Waals surface area contributed by atoms with E-state index in [1.54, 1.807) is 0 Å². The molecule has 3 unspecified atom stereocenters. The second kappa shape index (κ2) is 4.49. The van der Waals surface area contributed by atoms with Gasteiger partial charge in [0.25, 0.3) is 0 Å². The summed E-state index contributed by atoms with van der Waals surface area (Å²) in [7, 11) is 0. The summed E-state index contributed by atoms with van der Waals surface area (Å²) >= 11 is 0. The zero-order chi connectivity index (χ0) is 10.8. The van der Waals surface area contributed by atoms with Gasteiger partial charge in [-0.25, -0.2) is 0 Å². The van der Waals surface area contributed by atoms with Crippen LogP contribution < -0.4 is 11.1 Å². The van der Waals surface area contributed by atoms with Gasteiger partial charge in [0.1, 0.15) is 0 Å². The number of carbonyl (C=O) groups excluding carboxylic acids is 1. The van der Waals surface area contributed by atoms with Crippen LogP contribution in [0.15, 0.2) is 0 Å². The molecule has 0 saturated carbocycles. The fourth-order valence-electron chi connectivity index (χ4n) is 2.57. The van der Waals surface area contributed by atoms with Gasteiger partial charge in [-0.2, -0.15) is 0 Å². The fraction of sp³-hybridized carbons (Fsp3) is 0.909. The highest BCUT2D eigenvalue weighted by molar-refractivity contribution is 5.80. The molecule has 86 valence electrons. The van der Waals surface area contributed by atoms with Crippen LogP contribution >= 0.6 is 0 Å². The maximum absolute atomic E-state index is 12.2. The van der Waals surface area contributed by atoms with Crippen LogP contribution in [0.2, 0.25) is 0 Å². The first-order valence-electron chi connectivity index (χ1n) is 5.97. The first-order valence-corrected chi connectivity index (χ1v) is 5.97. The zero-order valence-corrected chi connectivity index (χ0v) is 9.41. The average molecular weight is 211 g/mol. The van der Waals surface area contributed by atoms with Crippen LogP contribution in [0.4, 0.5) is 0 Å². The van der Waals surface area contributed by atoms with Crippen LogP contribution in [0.1, 0.15) is 26.2 Å². The summed E-state index contributed by atoms with van der Waals surface area (Å²) < 4.78 is 0. The molecule has 2 heterocycles. The molecule has 2 aliphatic rings. The molecule has 2 rings (SSSR count). The van der Waals surface area contributed by atoms with Crippen LogP contribution in [-0.2, 0) is 4.79 Å². The number of piperidine rings is 1. The number of hydrogen-bond donors (Lipinski definition) is 2. The molecule has 4 heteroatoms. The molecule has 2 saturated heterocycles. The summed E-state index contributed by atoms with van der Waals surface area (Å²) in [4.78, 5) is 14.2. The summed E-state index contributed by atoms with van der Waals surface area (Å²) in [6.07, 6.45) is 3.10. The number of likely N-dealkylation sites (tertiary alicyclic amines) is 1. The third-order valence-electron chi connectivity index (χ3n) is 3.74. The predicted molar refractivity (Wildman–Crippen MR) is 59.4 cm³/mol. The van der Waals surface area contributed by atoms with E-state index < -0.39 is 0 Å². The molecular weight excluding hydrogens is 190 g/mol. The van der Waals surface area contributed by atoms with Gasteiger partial charge in [0.2, 0.25) is 5.91 Å². The van der Waals surface area contributed by atoms with Gasteiger partial charge >= 0.3 is 0 Å². The maximum Gasteiger partial charge on any atom is 0.227 e. The van der Waals surface area contributed by atoms with E-state index in [0.29, 0.717) is 5.91 Å². The highest BCUT2D eigenvalue weighted by Gasteiger charge is 2.35. The molecule has 15 heavy (non-hydrogen) atoms. The number of hydrogen-bond acceptors (Lipinski definition) is 3. The van der Waals surface area contributed by atoms with Gasteiger partial charge in [0, 0.05) is 25.2 Å². The minimum absolute atomic E-state index is 0.172. The smallest absolute Gasteiger partial charge is 0.227 e. The number of nitrogens with one attached hydrogen (secondary N) is 1. The van der Waals surface area contributed by atoms with Crippen molar-refractivity contribution in [2.75, 3.05) is 19.6 Å². The third-order valence-corrected chi connectivity index (χ3v) is 3.74. The fourth-order valence-corrected chi connectivity index (χ4v) is 2.57. The van der Waals surface area contributed by atoms with Crippen molar-refractivity contribution >= 4 is 5.91 Å². The second-order valence-corrected chi connectivity index (χ2v) is 4.77. The number of nitrogens with two attached hydrogens (primary N) is 1. The van der Waals surface area contributed by atoms with Crippen molar-refractivity contribution < 1.29 is 4.79 Å². The largest absolute Gasteiger partial charge is 0.338 e. The van der Waals surface area contributed by atoms with Crippen molar-refractivity contribution in [2.24, 2.45) is 11.7 Å². The van der Waals surface area contributed by atoms with E-state index in [4.69, 9.17) is 5.73 Å². The molecule has 3 N–H and O–H groups in total. The zero-order valence-electron chi connectivity index (χ0n) is 9.41. The van der Waals surface area contributed by atoms with E-state index in [1.807, 2.05) is 4.90 Å². The van der Waals surface area contributed by atoms with E-state index >= 15 is 0 Å². The van der Waals surface area contributed by atoms with Crippen LogP contribution in [-0.4, -0.2) is 42.5 Å². The number of rotatable bonds is 1. The van der Waals surface area contributed by atoms with Gasteiger partial charge in [-0.15, -0.1) is 0 Å². The van der Waals surface area contributed by atoms with Crippen molar-refractivity contribution in [1.29, 1.82) is 0 Å².